The number of hydrogen-bond donors (Lipinski definition) is 1. The quantitative estimate of drug-likeness (QED) is 0.771. The van der Waals surface area contributed by atoms with Gasteiger partial charge in [-0.1, -0.05) is 18.9 Å². The lowest BCUT2D eigenvalue weighted by Gasteiger charge is -2.21. The fourth-order valence-corrected chi connectivity index (χ4v) is 2.91. The zero-order valence-electron chi connectivity index (χ0n) is 13.3. The summed E-state index contributed by atoms with van der Waals surface area (Å²) < 4.78 is 0. The van der Waals surface area contributed by atoms with E-state index in [0.717, 1.165) is 44.5 Å². The van der Waals surface area contributed by atoms with Crippen molar-refractivity contribution in [3.63, 3.8) is 0 Å². The van der Waals surface area contributed by atoms with Gasteiger partial charge in [-0.05, 0) is 24.5 Å². The van der Waals surface area contributed by atoms with Crippen molar-refractivity contribution in [3.8, 4) is 0 Å². The molecule has 0 radical (unpaired) electrons. The van der Waals surface area contributed by atoms with Gasteiger partial charge in [0, 0.05) is 39.4 Å². The Morgan fingerprint density at radius 1 is 1.09 bits per heavy atom. The molecule has 0 saturated carbocycles. The summed E-state index contributed by atoms with van der Waals surface area (Å²) in [4.78, 5) is 13.6. The number of rotatable bonds is 3. The van der Waals surface area contributed by atoms with Crippen LogP contribution in [0.1, 0.15) is 31.2 Å². The van der Waals surface area contributed by atoms with Gasteiger partial charge in [0.25, 0.3) is 0 Å². The van der Waals surface area contributed by atoms with Gasteiger partial charge in [-0.3, -0.25) is 4.99 Å². The number of nitrogens with one attached hydrogen (secondary N) is 1. The predicted molar refractivity (Wildman–Crippen MR) is 102 cm³/mol. The van der Waals surface area contributed by atoms with Crippen molar-refractivity contribution in [2.24, 2.45) is 4.99 Å². The molecule has 22 heavy (non-hydrogen) atoms. The topological polar surface area (TPSA) is 43.8 Å². The van der Waals surface area contributed by atoms with Crippen molar-refractivity contribution in [1.82, 2.24) is 15.2 Å². The Morgan fingerprint density at radius 2 is 1.86 bits per heavy atom. The van der Waals surface area contributed by atoms with Gasteiger partial charge in [-0.25, -0.2) is 4.98 Å². The van der Waals surface area contributed by atoms with E-state index in [1.165, 1.54) is 31.2 Å². The first-order valence-electron chi connectivity index (χ1n) is 8.02. The van der Waals surface area contributed by atoms with E-state index in [9.17, 15) is 0 Å². The molecule has 3 rings (SSSR count). The number of aromatic nitrogens is 1. The Hall–Kier alpha value is -1.05. The maximum Gasteiger partial charge on any atom is 0.194 e. The molecule has 0 atom stereocenters. The Bertz CT molecular complexity index is 480. The molecule has 0 aromatic carbocycles. The molecule has 5 nitrogen and oxygen atoms in total. The fraction of sp³-hybridized carbons (Fsp3) is 0.625. The smallest absolute Gasteiger partial charge is 0.194 e. The van der Waals surface area contributed by atoms with Gasteiger partial charge in [0.2, 0.25) is 0 Å². The average molecular weight is 415 g/mol. The molecule has 1 N–H and O–H groups in total. The van der Waals surface area contributed by atoms with Crippen LogP contribution in [-0.4, -0.2) is 49.1 Å². The first-order valence-corrected chi connectivity index (χ1v) is 8.02. The third kappa shape index (κ3) is 4.47. The normalized spacial score (nSPS) is 18.5. The highest BCUT2D eigenvalue weighted by Crippen LogP contribution is 2.17. The van der Waals surface area contributed by atoms with Crippen LogP contribution < -0.4 is 10.2 Å². The predicted octanol–water partition coefficient (Wildman–Crippen LogP) is 2.47. The third-order valence-corrected chi connectivity index (χ3v) is 4.25. The van der Waals surface area contributed by atoms with E-state index < -0.39 is 0 Å². The van der Waals surface area contributed by atoms with Gasteiger partial charge >= 0.3 is 0 Å². The SMILES string of the molecule is CN1CCN=C1NCc1ccc(N2CCCCCC2)nc1.I. The number of guanidine groups is 1. The summed E-state index contributed by atoms with van der Waals surface area (Å²) in [5, 5.41) is 3.38. The van der Waals surface area contributed by atoms with Crippen LogP contribution in [0.5, 0.6) is 0 Å². The molecule has 0 aliphatic carbocycles. The summed E-state index contributed by atoms with van der Waals surface area (Å²) in [5.41, 5.74) is 1.21. The molecule has 0 bridgehead atoms. The molecule has 2 aliphatic heterocycles. The van der Waals surface area contributed by atoms with Crippen LogP contribution in [-0.2, 0) is 6.54 Å². The zero-order valence-corrected chi connectivity index (χ0v) is 15.6. The van der Waals surface area contributed by atoms with E-state index in [1.54, 1.807) is 0 Å². The van der Waals surface area contributed by atoms with E-state index in [-0.39, 0.29) is 24.0 Å². The van der Waals surface area contributed by atoms with Gasteiger partial charge in [-0.2, -0.15) is 0 Å². The minimum Gasteiger partial charge on any atom is -0.357 e. The Labute approximate surface area is 150 Å². The molecule has 1 aromatic rings. The molecule has 0 amide bonds. The summed E-state index contributed by atoms with van der Waals surface area (Å²) in [6.07, 6.45) is 7.28. The Balaban J connectivity index is 0.00000176. The van der Waals surface area contributed by atoms with E-state index in [2.05, 4.69) is 44.3 Å². The molecular formula is C16H26IN5. The van der Waals surface area contributed by atoms with Crippen molar-refractivity contribution in [1.29, 1.82) is 0 Å². The molecule has 1 fully saturated rings. The summed E-state index contributed by atoms with van der Waals surface area (Å²) in [6.45, 7) is 4.98. The maximum absolute atomic E-state index is 4.64. The number of pyridine rings is 1. The van der Waals surface area contributed by atoms with E-state index in [4.69, 9.17) is 0 Å². The lowest BCUT2D eigenvalue weighted by atomic mass is 10.2. The Kier molecular flexibility index (Phi) is 6.72. The van der Waals surface area contributed by atoms with Gasteiger partial charge < -0.3 is 15.1 Å². The monoisotopic (exact) mass is 415 g/mol. The molecule has 3 heterocycles. The van der Waals surface area contributed by atoms with Crippen LogP contribution in [0, 0.1) is 0 Å². The second-order valence-corrected chi connectivity index (χ2v) is 5.91. The highest BCUT2D eigenvalue weighted by molar-refractivity contribution is 14.0. The van der Waals surface area contributed by atoms with Gasteiger partial charge in [0.05, 0.1) is 6.54 Å². The lowest BCUT2D eigenvalue weighted by molar-refractivity contribution is 0.534. The highest BCUT2D eigenvalue weighted by Gasteiger charge is 2.12. The summed E-state index contributed by atoms with van der Waals surface area (Å²) in [6, 6.07) is 4.33. The molecule has 1 saturated heterocycles. The molecule has 6 heteroatoms. The van der Waals surface area contributed by atoms with E-state index >= 15 is 0 Å². The molecule has 122 valence electrons. The molecule has 0 unspecified atom stereocenters. The number of nitrogens with zero attached hydrogens (tertiary/aromatic N) is 4. The first kappa shape index (κ1) is 17.3. The van der Waals surface area contributed by atoms with Crippen LogP contribution in [0.15, 0.2) is 23.3 Å². The van der Waals surface area contributed by atoms with Crippen LogP contribution >= 0.6 is 24.0 Å². The van der Waals surface area contributed by atoms with Crippen molar-refractivity contribution in [3.05, 3.63) is 23.9 Å². The number of anilines is 1. The maximum atomic E-state index is 4.64. The van der Waals surface area contributed by atoms with Gasteiger partial charge in [0.15, 0.2) is 5.96 Å². The van der Waals surface area contributed by atoms with Crippen molar-refractivity contribution in [2.75, 3.05) is 38.1 Å². The van der Waals surface area contributed by atoms with Crippen LogP contribution in [0.2, 0.25) is 0 Å². The summed E-state index contributed by atoms with van der Waals surface area (Å²) in [5.74, 6) is 2.11. The number of aliphatic imine (C=N–C) groups is 1. The average Bonchev–Trinajstić information content (AvgIpc) is 2.77. The molecule has 2 aliphatic rings. The zero-order chi connectivity index (χ0) is 14.5. The summed E-state index contributed by atoms with van der Waals surface area (Å²) >= 11 is 0. The summed E-state index contributed by atoms with van der Waals surface area (Å²) in [7, 11) is 2.07. The minimum absolute atomic E-state index is 0. The largest absolute Gasteiger partial charge is 0.357 e. The number of likely N-dealkylation sites (N-methyl/N-ethyl adjacent to an activating group) is 1. The lowest BCUT2D eigenvalue weighted by Crippen LogP contribution is -2.35. The molecular weight excluding hydrogens is 389 g/mol. The Morgan fingerprint density at radius 3 is 2.45 bits per heavy atom. The second kappa shape index (κ2) is 8.55. The number of halogens is 1. The standard InChI is InChI=1S/C16H25N5.HI/c1-20-11-8-17-16(20)19-13-14-6-7-15(18-12-14)21-9-4-2-3-5-10-21;/h6-7,12H,2-5,8-11,13H2,1H3,(H,17,19);1H. The van der Waals surface area contributed by atoms with Crippen LogP contribution in [0.4, 0.5) is 5.82 Å². The minimum atomic E-state index is 0. The van der Waals surface area contributed by atoms with Crippen LogP contribution in [0.25, 0.3) is 0 Å². The van der Waals surface area contributed by atoms with Gasteiger partial charge in [-0.15, -0.1) is 24.0 Å². The molecule has 1 aromatic heterocycles. The van der Waals surface area contributed by atoms with E-state index in [1.807, 2.05) is 6.20 Å². The fourth-order valence-electron chi connectivity index (χ4n) is 2.91. The second-order valence-electron chi connectivity index (χ2n) is 5.91. The van der Waals surface area contributed by atoms with Crippen LogP contribution in [0.3, 0.4) is 0 Å². The third-order valence-electron chi connectivity index (χ3n) is 4.25. The number of hydrogen-bond acceptors (Lipinski definition) is 5. The van der Waals surface area contributed by atoms with E-state index in [0.29, 0.717) is 0 Å². The first-order chi connectivity index (χ1) is 10.3. The molecule has 0 spiro atoms. The van der Waals surface area contributed by atoms with Crippen molar-refractivity contribution >= 4 is 35.8 Å². The van der Waals surface area contributed by atoms with Crippen molar-refractivity contribution in [2.45, 2.75) is 32.2 Å². The van der Waals surface area contributed by atoms with Gasteiger partial charge in [0.1, 0.15) is 5.82 Å². The highest BCUT2D eigenvalue weighted by atomic mass is 127. The van der Waals surface area contributed by atoms with Crippen molar-refractivity contribution < 1.29 is 0 Å².